The summed E-state index contributed by atoms with van der Waals surface area (Å²) in [4.78, 5) is 10.6. The summed E-state index contributed by atoms with van der Waals surface area (Å²) in [6.07, 6.45) is -10.1. The van der Waals surface area contributed by atoms with Crippen molar-refractivity contribution in [1.82, 2.24) is 0 Å². The zero-order valence-electron chi connectivity index (χ0n) is 8.16. The number of carboxylic acids is 1. The second-order valence-electron chi connectivity index (χ2n) is 3.15. The fourth-order valence-corrected chi connectivity index (χ4v) is 1.59. The highest BCUT2D eigenvalue weighted by Crippen LogP contribution is 2.41. The van der Waals surface area contributed by atoms with Crippen LogP contribution in [-0.4, -0.2) is 11.1 Å². The van der Waals surface area contributed by atoms with E-state index >= 15 is 0 Å². The predicted octanol–water partition coefficient (Wildman–Crippen LogP) is 4.08. The summed E-state index contributed by atoms with van der Waals surface area (Å²) >= 11 is 5.10. The lowest BCUT2D eigenvalue weighted by Gasteiger charge is -2.15. The molecule has 0 aliphatic heterocycles. The van der Waals surface area contributed by atoms with Crippen molar-refractivity contribution in [1.29, 1.82) is 0 Å². The summed E-state index contributed by atoms with van der Waals surface area (Å²) < 4.78 is 74.3. The van der Waals surface area contributed by atoms with Crippen LogP contribution in [0.4, 0.5) is 26.3 Å². The number of hydrogen-bond acceptors (Lipinski definition) is 1. The number of rotatable bonds is 1. The zero-order valence-corrected chi connectivity index (χ0v) is 8.91. The van der Waals surface area contributed by atoms with E-state index in [9.17, 15) is 31.1 Å². The van der Waals surface area contributed by atoms with E-state index in [4.69, 9.17) is 16.7 Å². The van der Waals surface area contributed by atoms with Gasteiger partial charge in [-0.1, -0.05) is 11.6 Å². The molecule has 0 amide bonds. The number of halogens is 7. The highest BCUT2D eigenvalue weighted by atomic mass is 35.5. The molecule has 0 saturated carbocycles. The van der Waals surface area contributed by atoms with Crippen LogP contribution in [-0.2, 0) is 12.4 Å². The van der Waals surface area contributed by atoms with Gasteiger partial charge in [-0.05, 0) is 12.1 Å². The maximum absolute atomic E-state index is 12.4. The van der Waals surface area contributed by atoms with Crippen molar-refractivity contribution in [3.63, 3.8) is 0 Å². The Bertz CT molecular complexity index is 491. The topological polar surface area (TPSA) is 37.3 Å². The van der Waals surface area contributed by atoms with Crippen LogP contribution < -0.4 is 0 Å². The average Bonchev–Trinajstić information content (AvgIpc) is 2.12. The minimum Gasteiger partial charge on any atom is -0.478 e. The maximum Gasteiger partial charge on any atom is 0.417 e. The summed E-state index contributed by atoms with van der Waals surface area (Å²) in [5.41, 5.74) is -4.97. The van der Waals surface area contributed by atoms with Gasteiger partial charge in [0.15, 0.2) is 0 Å². The van der Waals surface area contributed by atoms with Crippen molar-refractivity contribution < 1.29 is 36.2 Å². The van der Waals surface area contributed by atoms with Gasteiger partial charge in [-0.3, -0.25) is 0 Å². The smallest absolute Gasteiger partial charge is 0.417 e. The molecule has 9 heteroatoms. The molecule has 100 valence electrons. The number of alkyl halides is 6. The summed E-state index contributed by atoms with van der Waals surface area (Å²) in [6.45, 7) is 0. The number of benzene rings is 1. The molecular formula is C9H3ClF6O2. The first-order valence-corrected chi connectivity index (χ1v) is 4.54. The Morgan fingerprint density at radius 2 is 1.39 bits per heavy atom. The van der Waals surface area contributed by atoms with Gasteiger partial charge in [-0.15, -0.1) is 0 Å². The molecule has 2 nitrogen and oxygen atoms in total. The van der Waals surface area contributed by atoms with Crippen molar-refractivity contribution in [3.8, 4) is 0 Å². The Kier molecular flexibility index (Phi) is 3.53. The minimum atomic E-state index is -5.11. The highest BCUT2D eigenvalue weighted by Gasteiger charge is 2.41. The Labute approximate surface area is 101 Å². The zero-order chi connectivity index (χ0) is 14.3. The molecule has 0 aliphatic carbocycles. The molecule has 0 heterocycles. The molecule has 0 spiro atoms. The van der Waals surface area contributed by atoms with Crippen molar-refractivity contribution in [3.05, 3.63) is 33.8 Å². The summed E-state index contributed by atoms with van der Waals surface area (Å²) in [5, 5.41) is 7.07. The predicted molar refractivity (Wildman–Crippen MR) is 48.4 cm³/mol. The van der Waals surface area contributed by atoms with Gasteiger partial charge in [0.05, 0.1) is 21.7 Å². The lowest BCUT2D eigenvalue weighted by atomic mass is 10.0. The molecule has 0 unspecified atom stereocenters. The van der Waals surface area contributed by atoms with Gasteiger partial charge in [0.1, 0.15) is 0 Å². The van der Waals surface area contributed by atoms with Gasteiger partial charge in [0.25, 0.3) is 0 Å². The van der Waals surface area contributed by atoms with E-state index < -0.39 is 40.0 Å². The van der Waals surface area contributed by atoms with Crippen LogP contribution in [0.3, 0.4) is 0 Å². The fourth-order valence-electron chi connectivity index (χ4n) is 1.24. The molecule has 0 fully saturated rings. The fraction of sp³-hybridized carbons (Fsp3) is 0.222. The molecule has 1 N–H and O–H groups in total. The quantitative estimate of drug-likeness (QED) is 0.792. The van der Waals surface area contributed by atoms with Crippen LogP contribution in [0.25, 0.3) is 0 Å². The molecule has 0 saturated heterocycles. The SMILES string of the molecule is O=C(O)c1c(C(F)(F)F)ccc(C(F)(F)F)c1Cl. The molecule has 1 aromatic carbocycles. The monoisotopic (exact) mass is 292 g/mol. The van der Waals surface area contributed by atoms with Crippen molar-refractivity contribution in [2.24, 2.45) is 0 Å². The molecule has 0 atom stereocenters. The van der Waals surface area contributed by atoms with Gasteiger partial charge in [-0.25, -0.2) is 4.79 Å². The molecule has 0 aromatic heterocycles. The maximum atomic E-state index is 12.4. The van der Waals surface area contributed by atoms with Crippen molar-refractivity contribution in [2.75, 3.05) is 0 Å². The van der Waals surface area contributed by atoms with E-state index in [-0.39, 0.29) is 12.1 Å². The van der Waals surface area contributed by atoms with Crippen LogP contribution in [0.2, 0.25) is 5.02 Å². The van der Waals surface area contributed by atoms with Gasteiger partial charge >= 0.3 is 18.3 Å². The lowest BCUT2D eigenvalue weighted by Crippen LogP contribution is -2.17. The third-order valence-corrected chi connectivity index (χ3v) is 2.36. The van der Waals surface area contributed by atoms with Crippen molar-refractivity contribution >= 4 is 17.6 Å². The number of aromatic carboxylic acids is 1. The Balaban J connectivity index is 3.64. The summed E-state index contributed by atoms with van der Waals surface area (Å²) in [7, 11) is 0. The first kappa shape index (κ1) is 14.6. The second-order valence-corrected chi connectivity index (χ2v) is 3.53. The van der Waals surface area contributed by atoms with Crippen molar-refractivity contribution in [2.45, 2.75) is 12.4 Å². The Morgan fingerprint density at radius 3 is 1.72 bits per heavy atom. The van der Waals surface area contributed by atoms with E-state index in [1.807, 2.05) is 0 Å². The summed E-state index contributed by atoms with van der Waals surface area (Å²) in [6, 6.07) is 0.135. The molecule has 1 aromatic rings. The molecular weight excluding hydrogens is 290 g/mol. The van der Waals surface area contributed by atoms with Crippen LogP contribution >= 0.6 is 11.6 Å². The third kappa shape index (κ3) is 2.69. The Morgan fingerprint density at radius 1 is 1.00 bits per heavy atom. The second kappa shape index (κ2) is 4.34. The van der Waals surface area contributed by atoms with E-state index in [1.165, 1.54) is 0 Å². The van der Waals surface area contributed by atoms with Gasteiger partial charge < -0.3 is 5.11 Å². The number of carbonyl (C=O) groups is 1. The van der Waals surface area contributed by atoms with E-state index in [0.29, 0.717) is 0 Å². The molecule has 0 bridgehead atoms. The molecule has 0 radical (unpaired) electrons. The standard InChI is InChI=1S/C9H3ClF6O2/c10-6-4(9(14,15)16)2-1-3(8(11,12)13)5(6)7(17)18/h1-2H,(H,17,18). The number of carboxylic acid groups (broad SMARTS) is 1. The largest absolute Gasteiger partial charge is 0.478 e. The highest BCUT2D eigenvalue weighted by molar-refractivity contribution is 6.34. The van der Waals surface area contributed by atoms with Crippen LogP contribution in [0.1, 0.15) is 21.5 Å². The third-order valence-electron chi connectivity index (χ3n) is 1.97. The lowest BCUT2D eigenvalue weighted by molar-refractivity contribution is -0.141. The first-order valence-electron chi connectivity index (χ1n) is 4.16. The van der Waals surface area contributed by atoms with Crippen LogP contribution in [0.5, 0.6) is 0 Å². The van der Waals surface area contributed by atoms with Gasteiger partial charge in [0, 0.05) is 0 Å². The molecule has 0 aliphatic rings. The normalized spacial score (nSPS) is 12.6. The van der Waals surface area contributed by atoms with Gasteiger partial charge in [0.2, 0.25) is 0 Å². The average molecular weight is 293 g/mol. The Hall–Kier alpha value is -1.44. The first-order chi connectivity index (χ1) is 7.96. The van der Waals surface area contributed by atoms with Crippen LogP contribution in [0.15, 0.2) is 12.1 Å². The van der Waals surface area contributed by atoms with E-state index in [1.54, 1.807) is 0 Å². The van der Waals surface area contributed by atoms with Crippen LogP contribution in [0, 0.1) is 0 Å². The molecule has 18 heavy (non-hydrogen) atoms. The van der Waals surface area contributed by atoms with E-state index in [2.05, 4.69) is 0 Å². The number of hydrogen-bond donors (Lipinski definition) is 1. The van der Waals surface area contributed by atoms with E-state index in [0.717, 1.165) is 0 Å². The molecule has 1 rings (SSSR count). The summed E-state index contributed by atoms with van der Waals surface area (Å²) in [5.74, 6) is -2.18. The van der Waals surface area contributed by atoms with Gasteiger partial charge in [-0.2, -0.15) is 26.3 Å². The minimum absolute atomic E-state index is 0.0398.